The summed E-state index contributed by atoms with van der Waals surface area (Å²) in [7, 11) is -3.73. The lowest BCUT2D eigenvalue weighted by Crippen LogP contribution is -2.38. The van der Waals surface area contributed by atoms with Gasteiger partial charge in [-0.1, -0.05) is 30.3 Å². The summed E-state index contributed by atoms with van der Waals surface area (Å²) in [6.07, 6.45) is 6.62. The van der Waals surface area contributed by atoms with Crippen LogP contribution in [0.25, 0.3) is 11.1 Å². The Morgan fingerprint density at radius 3 is 2.68 bits per heavy atom. The van der Waals surface area contributed by atoms with Crippen LogP contribution in [0, 0.1) is 5.92 Å². The van der Waals surface area contributed by atoms with Crippen LogP contribution in [0.4, 0.5) is 0 Å². The average molecular weight is 440 g/mol. The Labute approximate surface area is 182 Å². The standard InChI is InChI=1S/C22H25N5O3S/c1-2-26-10-11-27(31(29,30)20-14-24-25-15-20)16-19(22(26)28)12-17-6-3-4-8-21(17)18-7-5-9-23-13-18/h3-9,13-15,19H,2,10-12,16H2,1H3,(H,24,25)/t19-/m0/s1. The molecule has 0 radical (unpaired) electrons. The monoisotopic (exact) mass is 439 g/mol. The molecule has 0 spiro atoms. The highest BCUT2D eigenvalue weighted by Gasteiger charge is 2.36. The molecule has 0 bridgehead atoms. The zero-order chi connectivity index (χ0) is 21.8. The fourth-order valence-electron chi connectivity index (χ4n) is 4.00. The fourth-order valence-corrected chi connectivity index (χ4v) is 5.38. The summed E-state index contributed by atoms with van der Waals surface area (Å²) in [5, 5.41) is 6.33. The number of aromatic nitrogens is 3. The quantitative estimate of drug-likeness (QED) is 0.635. The van der Waals surface area contributed by atoms with E-state index in [2.05, 4.69) is 15.2 Å². The number of sulfonamides is 1. The second-order valence-electron chi connectivity index (χ2n) is 7.51. The molecule has 1 aliphatic rings. The van der Waals surface area contributed by atoms with Gasteiger partial charge in [0.1, 0.15) is 4.90 Å². The summed E-state index contributed by atoms with van der Waals surface area (Å²) in [4.78, 5) is 19.3. The minimum Gasteiger partial charge on any atom is -0.341 e. The van der Waals surface area contributed by atoms with Crippen molar-refractivity contribution in [2.45, 2.75) is 18.2 Å². The third kappa shape index (κ3) is 4.38. The normalized spacial score (nSPS) is 18.2. The first kappa shape index (κ1) is 21.2. The maximum absolute atomic E-state index is 13.3. The summed E-state index contributed by atoms with van der Waals surface area (Å²) < 4.78 is 27.6. The maximum Gasteiger partial charge on any atom is 0.246 e. The molecule has 1 amide bonds. The number of pyridine rings is 1. The molecule has 0 saturated carbocycles. The van der Waals surface area contributed by atoms with Crippen molar-refractivity contribution in [3.05, 3.63) is 66.7 Å². The van der Waals surface area contributed by atoms with E-state index in [9.17, 15) is 13.2 Å². The van der Waals surface area contributed by atoms with Gasteiger partial charge in [0.2, 0.25) is 15.9 Å². The molecule has 1 aromatic carbocycles. The minimum atomic E-state index is -3.73. The summed E-state index contributed by atoms with van der Waals surface area (Å²) >= 11 is 0. The number of carbonyl (C=O) groups excluding carboxylic acids is 1. The smallest absolute Gasteiger partial charge is 0.246 e. The number of nitrogens with zero attached hydrogens (tertiary/aromatic N) is 4. The minimum absolute atomic E-state index is 0.0200. The fraction of sp³-hybridized carbons (Fsp3) is 0.318. The molecule has 0 unspecified atom stereocenters. The topological polar surface area (TPSA) is 99.3 Å². The lowest BCUT2D eigenvalue weighted by atomic mass is 9.92. The Morgan fingerprint density at radius 2 is 1.97 bits per heavy atom. The maximum atomic E-state index is 13.3. The van der Waals surface area contributed by atoms with Crippen LogP contribution in [0.15, 0.2) is 66.1 Å². The van der Waals surface area contributed by atoms with Crippen LogP contribution >= 0.6 is 0 Å². The number of rotatable bonds is 6. The summed E-state index contributed by atoms with van der Waals surface area (Å²) in [6, 6.07) is 11.7. The van der Waals surface area contributed by atoms with Gasteiger partial charge >= 0.3 is 0 Å². The molecule has 0 aliphatic carbocycles. The Kier molecular flexibility index (Phi) is 6.15. The molecule has 3 heterocycles. The van der Waals surface area contributed by atoms with Gasteiger partial charge in [0.05, 0.1) is 12.1 Å². The highest BCUT2D eigenvalue weighted by Crippen LogP contribution is 2.28. The Morgan fingerprint density at radius 1 is 1.13 bits per heavy atom. The summed E-state index contributed by atoms with van der Waals surface area (Å²) in [5.41, 5.74) is 2.96. The summed E-state index contributed by atoms with van der Waals surface area (Å²) in [6.45, 7) is 3.21. The SMILES string of the molecule is CCN1CCN(S(=O)(=O)c2cn[nH]c2)C[C@H](Cc2ccccc2-c2cccnc2)C1=O. The highest BCUT2D eigenvalue weighted by molar-refractivity contribution is 7.89. The van der Waals surface area contributed by atoms with Gasteiger partial charge in [-0.3, -0.25) is 14.9 Å². The molecule has 162 valence electrons. The largest absolute Gasteiger partial charge is 0.341 e. The van der Waals surface area contributed by atoms with E-state index in [-0.39, 0.29) is 23.9 Å². The first-order valence-corrected chi connectivity index (χ1v) is 11.7. The third-order valence-corrected chi connectivity index (χ3v) is 7.48. The van der Waals surface area contributed by atoms with Crippen molar-refractivity contribution in [3.63, 3.8) is 0 Å². The van der Waals surface area contributed by atoms with E-state index >= 15 is 0 Å². The zero-order valence-electron chi connectivity index (χ0n) is 17.3. The van der Waals surface area contributed by atoms with Crippen LogP contribution in [0.3, 0.4) is 0 Å². The molecule has 2 aromatic heterocycles. The van der Waals surface area contributed by atoms with Crippen LogP contribution < -0.4 is 0 Å². The highest BCUT2D eigenvalue weighted by atomic mass is 32.2. The lowest BCUT2D eigenvalue weighted by molar-refractivity contribution is -0.134. The number of amides is 1. The van der Waals surface area contributed by atoms with Gasteiger partial charge < -0.3 is 4.90 Å². The number of benzene rings is 1. The Hall–Kier alpha value is -3.04. The van der Waals surface area contributed by atoms with Gasteiger partial charge in [0, 0.05) is 50.3 Å². The van der Waals surface area contributed by atoms with E-state index in [4.69, 9.17) is 0 Å². The molecule has 3 aromatic rings. The van der Waals surface area contributed by atoms with E-state index < -0.39 is 15.9 Å². The molecule has 31 heavy (non-hydrogen) atoms. The molecule has 1 atom stereocenters. The number of H-pyrrole nitrogens is 1. The molecule has 1 fully saturated rings. The van der Waals surface area contributed by atoms with Crippen LogP contribution in [-0.2, 0) is 21.2 Å². The van der Waals surface area contributed by atoms with Crippen LogP contribution in [-0.4, -0.2) is 64.9 Å². The van der Waals surface area contributed by atoms with E-state index in [1.807, 2.05) is 43.3 Å². The predicted molar refractivity (Wildman–Crippen MR) is 116 cm³/mol. The second kappa shape index (κ2) is 8.99. The van der Waals surface area contributed by atoms with E-state index in [0.29, 0.717) is 19.5 Å². The van der Waals surface area contributed by atoms with Gasteiger partial charge in [-0.25, -0.2) is 8.42 Å². The van der Waals surface area contributed by atoms with Crippen LogP contribution in [0.5, 0.6) is 0 Å². The van der Waals surface area contributed by atoms with Crippen molar-refractivity contribution in [2.24, 2.45) is 5.92 Å². The number of nitrogens with one attached hydrogen (secondary N) is 1. The molecular weight excluding hydrogens is 414 g/mol. The van der Waals surface area contributed by atoms with E-state index in [0.717, 1.165) is 16.7 Å². The molecule has 1 saturated heterocycles. The van der Waals surface area contributed by atoms with Crippen molar-refractivity contribution in [1.29, 1.82) is 0 Å². The second-order valence-corrected chi connectivity index (χ2v) is 9.45. The van der Waals surface area contributed by atoms with Crippen molar-refractivity contribution in [1.82, 2.24) is 24.4 Å². The van der Waals surface area contributed by atoms with Crippen molar-refractivity contribution in [2.75, 3.05) is 26.2 Å². The third-order valence-electron chi connectivity index (χ3n) is 5.65. The van der Waals surface area contributed by atoms with Gasteiger partial charge in [-0.15, -0.1) is 0 Å². The molecule has 4 rings (SSSR count). The zero-order valence-corrected chi connectivity index (χ0v) is 18.1. The molecule has 9 heteroatoms. The number of hydrogen-bond donors (Lipinski definition) is 1. The average Bonchev–Trinajstić information content (AvgIpc) is 3.29. The van der Waals surface area contributed by atoms with Crippen molar-refractivity contribution >= 4 is 15.9 Å². The van der Waals surface area contributed by atoms with Gasteiger partial charge in [-0.2, -0.15) is 9.40 Å². The first-order chi connectivity index (χ1) is 15.0. The molecular formula is C22H25N5O3S. The number of carbonyl (C=O) groups is 1. The molecule has 1 N–H and O–H groups in total. The van der Waals surface area contributed by atoms with Crippen molar-refractivity contribution in [3.8, 4) is 11.1 Å². The predicted octanol–water partition coefficient (Wildman–Crippen LogP) is 2.18. The first-order valence-electron chi connectivity index (χ1n) is 10.3. The lowest BCUT2D eigenvalue weighted by Gasteiger charge is -2.24. The van der Waals surface area contributed by atoms with Gasteiger partial charge in [-0.05, 0) is 30.5 Å². The Bertz CT molecular complexity index is 1130. The number of likely N-dealkylation sites (N-methyl/N-ethyl adjacent to an activating group) is 1. The number of hydrogen-bond acceptors (Lipinski definition) is 5. The van der Waals surface area contributed by atoms with Crippen LogP contribution in [0.2, 0.25) is 0 Å². The molecule has 8 nitrogen and oxygen atoms in total. The van der Waals surface area contributed by atoms with Gasteiger partial charge in [0.25, 0.3) is 0 Å². The Balaban J connectivity index is 1.67. The van der Waals surface area contributed by atoms with Crippen LogP contribution in [0.1, 0.15) is 12.5 Å². The van der Waals surface area contributed by atoms with E-state index in [1.165, 1.54) is 16.7 Å². The summed E-state index contributed by atoms with van der Waals surface area (Å²) in [5.74, 6) is -0.504. The van der Waals surface area contributed by atoms with E-state index in [1.54, 1.807) is 17.3 Å². The van der Waals surface area contributed by atoms with Crippen molar-refractivity contribution < 1.29 is 13.2 Å². The molecule has 1 aliphatic heterocycles. The number of aromatic amines is 1. The van der Waals surface area contributed by atoms with Gasteiger partial charge in [0.15, 0.2) is 0 Å².